The number of hydrogen-bond donors (Lipinski definition) is 2. The largest absolute Gasteiger partial charge is 0.493 e. The van der Waals surface area contributed by atoms with E-state index >= 15 is 0 Å². The number of fused-ring (bicyclic) bond motifs is 2. The van der Waals surface area contributed by atoms with Crippen molar-refractivity contribution in [2.24, 2.45) is 0 Å². The molecular formula is C19H27ClN2O3. The van der Waals surface area contributed by atoms with Crippen LogP contribution in [0.4, 0.5) is 0 Å². The lowest BCUT2D eigenvalue weighted by molar-refractivity contribution is -0.124. The molecule has 2 heterocycles. The lowest BCUT2D eigenvalue weighted by Crippen LogP contribution is -2.48. The maximum atomic E-state index is 12.2. The second-order valence-electron chi connectivity index (χ2n) is 6.64. The van der Waals surface area contributed by atoms with E-state index in [1.165, 1.54) is 12.8 Å². The van der Waals surface area contributed by atoms with E-state index in [-0.39, 0.29) is 31.0 Å². The van der Waals surface area contributed by atoms with Gasteiger partial charge in [-0.15, -0.1) is 19.0 Å². The fourth-order valence-electron chi connectivity index (χ4n) is 3.71. The molecular weight excluding hydrogens is 340 g/mol. The summed E-state index contributed by atoms with van der Waals surface area (Å²) in [5, 5.41) is 6.68. The van der Waals surface area contributed by atoms with Crippen molar-refractivity contribution in [3.05, 3.63) is 36.4 Å². The van der Waals surface area contributed by atoms with E-state index in [0.717, 1.165) is 24.8 Å². The molecule has 2 aliphatic rings. The molecule has 0 saturated carbocycles. The standard InChI is InChI=1S/C19H26N2O3.ClH/c1-3-4-13-5-8-17(18(9-13)23-2)24-12-19(22)21-16-10-14-6-7-15(11-16)20-14;/h3,5,8-9,14-16,20H,1,4,6-7,10-12H2,2H3,(H,21,22);1H. The van der Waals surface area contributed by atoms with Crippen molar-refractivity contribution in [2.75, 3.05) is 13.7 Å². The van der Waals surface area contributed by atoms with Crippen LogP contribution in [-0.4, -0.2) is 37.7 Å². The van der Waals surface area contributed by atoms with Crippen LogP contribution >= 0.6 is 12.4 Å². The summed E-state index contributed by atoms with van der Waals surface area (Å²) < 4.78 is 11.0. The number of piperidine rings is 1. The topological polar surface area (TPSA) is 59.6 Å². The number of nitrogens with one attached hydrogen (secondary N) is 2. The summed E-state index contributed by atoms with van der Waals surface area (Å²) in [5.74, 6) is 1.16. The molecule has 0 aromatic heterocycles. The van der Waals surface area contributed by atoms with Crippen LogP contribution in [0, 0.1) is 0 Å². The fraction of sp³-hybridized carbons (Fsp3) is 0.526. The molecule has 2 atom stereocenters. The minimum absolute atomic E-state index is 0. The molecule has 0 radical (unpaired) electrons. The maximum Gasteiger partial charge on any atom is 0.258 e. The highest BCUT2D eigenvalue weighted by atomic mass is 35.5. The predicted molar refractivity (Wildman–Crippen MR) is 101 cm³/mol. The molecule has 2 fully saturated rings. The van der Waals surface area contributed by atoms with Gasteiger partial charge in [0.25, 0.3) is 5.91 Å². The SMILES string of the molecule is C=CCc1ccc(OCC(=O)NC2CC3CCC(C2)N3)c(OC)c1.Cl. The molecule has 2 bridgehead atoms. The summed E-state index contributed by atoms with van der Waals surface area (Å²) in [6.45, 7) is 3.74. The third kappa shape index (κ3) is 5.13. The Bertz CT molecular complexity index is 596. The molecule has 2 unspecified atom stereocenters. The first kappa shape index (κ1) is 19.6. The van der Waals surface area contributed by atoms with Crippen molar-refractivity contribution >= 4 is 18.3 Å². The highest BCUT2D eigenvalue weighted by Gasteiger charge is 2.33. The van der Waals surface area contributed by atoms with Crippen LogP contribution in [-0.2, 0) is 11.2 Å². The highest BCUT2D eigenvalue weighted by Crippen LogP contribution is 2.29. The first-order valence-corrected chi connectivity index (χ1v) is 8.64. The van der Waals surface area contributed by atoms with Gasteiger partial charge in [-0.05, 0) is 49.8 Å². The van der Waals surface area contributed by atoms with Gasteiger partial charge in [-0.2, -0.15) is 0 Å². The molecule has 0 spiro atoms. The van der Waals surface area contributed by atoms with Crippen molar-refractivity contribution in [1.82, 2.24) is 10.6 Å². The number of ether oxygens (including phenoxy) is 2. The summed E-state index contributed by atoms with van der Waals surface area (Å²) in [5.41, 5.74) is 1.10. The molecule has 5 nitrogen and oxygen atoms in total. The summed E-state index contributed by atoms with van der Waals surface area (Å²) in [4.78, 5) is 12.2. The first-order valence-electron chi connectivity index (χ1n) is 8.64. The van der Waals surface area contributed by atoms with Crippen molar-refractivity contribution in [2.45, 2.75) is 50.2 Å². The maximum absolute atomic E-state index is 12.2. The summed E-state index contributed by atoms with van der Waals surface area (Å²) in [7, 11) is 1.60. The summed E-state index contributed by atoms with van der Waals surface area (Å²) in [6.07, 6.45) is 7.09. The van der Waals surface area contributed by atoms with Crippen molar-refractivity contribution < 1.29 is 14.3 Å². The minimum atomic E-state index is -0.0708. The monoisotopic (exact) mass is 366 g/mol. The average Bonchev–Trinajstić information content (AvgIpc) is 2.92. The highest BCUT2D eigenvalue weighted by molar-refractivity contribution is 5.85. The number of carbonyl (C=O) groups is 1. The Balaban J connectivity index is 0.00000225. The number of halogens is 1. The van der Waals surface area contributed by atoms with E-state index in [1.807, 2.05) is 24.3 Å². The van der Waals surface area contributed by atoms with Crippen LogP contribution < -0.4 is 20.1 Å². The molecule has 1 amide bonds. The third-order valence-electron chi connectivity index (χ3n) is 4.81. The van der Waals surface area contributed by atoms with Crippen LogP contribution in [0.2, 0.25) is 0 Å². The molecule has 6 heteroatoms. The van der Waals surface area contributed by atoms with Gasteiger partial charge in [0.1, 0.15) is 0 Å². The normalized spacial score (nSPS) is 24.1. The second-order valence-corrected chi connectivity index (χ2v) is 6.64. The Morgan fingerprint density at radius 2 is 2.04 bits per heavy atom. The van der Waals surface area contributed by atoms with Crippen molar-refractivity contribution in [3.8, 4) is 11.5 Å². The Kier molecular flexibility index (Phi) is 7.14. The van der Waals surface area contributed by atoms with E-state index < -0.39 is 0 Å². The lowest BCUT2D eigenvalue weighted by Gasteiger charge is -2.29. The molecule has 3 rings (SSSR count). The van der Waals surface area contributed by atoms with E-state index in [0.29, 0.717) is 23.6 Å². The number of benzene rings is 1. The Hall–Kier alpha value is -1.72. The van der Waals surface area contributed by atoms with E-state index in [2.05, 4.69) is 17.2 Å². The molecule has 2 aliphatic heterocycles. The van der Waals surface area contributed by atoms with Gasteiger partial charge in [0.05, 0.1) is 7.11 Å². The zero-order valence-corrected chi connectivity index (χ0v) is 15.4. The van der Waals surface area contributed by atoms with Gasteiger partial charge in [-0.3, -0.25) is 4.79 Å². The van der Waals surface area contributed by atoms with Crippen LogP contribution in [0.3, 0.4) is 0 Å². The second kappa shape index (κ2) is 9.11. The number of methoxy groups -OCH3 is 1. The van der Waals surface area contributed by atoms with Crippen LogP contribution in [0.25, 0.3) is 0 Å². The van der Waals surface area contributed by atoms with Gasteiger partial charge in [-0.25, -0.2) is 0 Å². The smallest absolute Gasteiger partial charge is 0.258 e. The number of allylic oxidation sites excluding steroid dienone is 1. The molecule has 0 aliphatic carbocycles. The molecule has 1 aromatic carbocycles. The minimum Gasteiger partial charge on any atom is -0.493 e. The van der Waals surface area contributed by atoms with Gasteiger partial charge in [0.15, 0.2) is 18.1 Å². The average molecular weight is 367 g/mol. The van der Waals surface area contributed by atoms with Gasteiger partial charge >= 0.3 is 0 Å². The van der Waals surface area contributed by atoms with Crippen molar-refractivity contribution in [3.63, 3.8) is 0 Å². The zero-order valence-electron chi connectivity index (χ0n) is 14.6. The quantitative estimate of drug-likeness (QED) is 0.728. The number of hydrogen-bond acceptors (Lipinski definition) is 4. The van der Waals surface area contributed by atoms with Crippen molar-refractivity contribution in [1.29, 1.82) is 0 Å². The Labute approximate surface area is 155 Å². The fourth-order valence-corrected chi connectivity index (χ4v) is 3.71. The molecule has 138 valence electrons. The van der Waals surface area contributed by atoms with E-state index in [4.69, 9.17) is 9.47 Å². The van der Waals surface area contributed by atoms with Gasteiger partial charge in [0.2, 0.25) is 0 Å². The predicted octanol–water partition coefficient (Wildman–Crippen LogP) is 2.62. The van der Waals surface area contributed by atoms with Gasteiger partial charge in [0, 0.05) is 18.1 Å². The summed E-state index contributed by atoms with van der Waals surface area (Å²) in [6, 6.07) is 7.11. The third-order valence-corrected chi connectivity index (χ3v) is 4.81. The number of amides is 1. The van der Waals surface area contributed by atoms with Gasteiger partial charge in [-0.1, -0.05) is 12.1 Å². The molecule has 1 aromatic rings. The van der Waals surface area contributed by atoms with Crippen LogP contribution in [0.1, 0.15) is 31.2 Å². The first-order chi connectivity index (χ1) is 11.7. The molecule has 2 N–H and O–H groups in total. The summed E-state index contributed by atoms with van der Waals surface area (Å²) >= 11 is 0. The number of rotatable bonds is 7. The Morgan fingerprint density at radius 3 is 2.68 bits per heavy atom. The van der Waals surface area contributed by atoms with Crippen LogP contribution in [0.5, 0.6) is 11.5 Å². The van der Waals surface area contributed by atoms with Gasteiger partial charge < -0.3 is 20.1 Å². The van der Waals surface area contributed by atoms with Crippen LogP contribution in [0.15, 0.2) is 30.9 Å². The lowest BCUT2D eigenvalue weighted by atomic mass is 10.00. The van der Waals surface area contributed by atoms with E-state index in [1.54, 1.807) is 7.11 Å². The number of carbonyl (C=O) groups excluding carboxylic acids is 1. The zero-order chi connectivity index (χ0) is 16.9. The Morgan fingerprint density at radius 1 is 1.32 bits per heavy atom. The van der Waals surface area contributed by atoms with E-state index in [9.17, 15) is 4.79 Å². The molecule has 25 heavy (non-hydrogen) atoms. The molecule has 2 saturated heterocycles.